The van der Waals surface area contributed by atoms with E-state index in [2.05, 4.69) is 120 Å². The third-order valence-corrected chi connectivity index (χ3v) is 10.9. The molecule has 1 aromatic carbocycles. The molecule has 3 aliphatic carbocycles. The normalized spacial score (nSPS) is 29.2. The summed E-state index contributed by atoms with van der Waals surface area (Å²) in [7, 11) is 6.62. The summed E-state index contributed by atoms with van der Waals surface area (Å²) in [6.07, 6.45) is 21.4. The van der Waals surface area contributed by atoms with E-state index in [0.717, 1.165) is 35.5 Å². The first-order valence-electron chi connectivity index (χ1n) is 16.9. The fourth-order valence-corrected chi connectivity index (χ4v) is 8.39. The summed E-state index contributed by atoms with van der Waals surface area (Å²) in [4.78, 5) is 4.85. The summed E-state index contributed by atoms with van der Waals surface area (Å²) < 4.78 is 7.06. The molecule has 0 bridgehead atoms. The van der Waals surface area contributed by atoms with E-state index >= 15 is 0 Å². The Morgan fingerprint density at radius 3 is 2.68 bits per heavy atom. The Labute approximate surface area is 265 Å². The van der Waals surface area contributed by atoms with E-state index < -0.39 is 0 Å². The molecule has 0 radical (unpaired) electrons. The molecule has 6 atom stereocenters. The van der Waals surface area contributed by atoms with E-state index in [0.29, 0.717) is 36.3 Å². The average Bonchev–Trinajstić information content (AvgIpc) is 3.35. The van der Waals surface area contributed by atoms with Crippen molar-refractivity contribution in [3.05, 3.63) is 94.3 Å². The van der Waals surface area contributed by atoms with Crippen molar-refractivity contribution < 1.29 is 4.42 Å². The van der Waals surface area contributed by atoms with E-state index in [1.807, 2.05) is 0 Å². The van der Waals surface area contributed by atoms with E-state index in [4.69, 9.17) is 10.2 Å². The fourth-order valence-electron chi connectivity index (χ4n) is 8.39. The van der Waals surface area contributed by atoms with Gasteiger partial charge in [-0.25, -0.2) is 0 Å². The number of nitrogens with two attached hydrogens (primary N) is 1. The highest BCUT2D eigenvalue weighted by Gasteiger charge is 2.40. The molecule has 0 fully saturated rings. The molecule has 2 aromatic rings. The van der Waals surface area contributed by atoms with Gasteiger partial charge in [0.1, 0.15) is 11.3 Å². The Balaban J connectivity index is 1.51. The van der Waals surface area contributed by atoms with Crippen LogP contribution in [-0.2, 0) is 6.42 Å². The fraction of sp³-hybridized carbons (Fsp3) is 0.500. The lowest BCUT2D eigenvalue weighted by Gasteiger charge is -2.43. The Morgan fingerprint density at radius 1 is 1.20 bits per heavy atom. The predicted octanol–water partition coefficient (Wildman–Crippen LogP) is 8.58. The summed E-state index contributed by atoms with van der Waals surface area (Å²) in [5, 5.41) is 1.25. The van der Waals surface area contributed by atoms with Gasteiger partial charge < -0.3 is 15.1 Å². The van der Waals surface area contributed by atoms with Gasteiger partial charge >= 0.3 is 0 Å². The van der Waals surface area contributed by atoms with Gasteiger partial charge in [0.15, 0.2) is 0 Å². The molecule has 1 aromatic heterocycles. The van der Waals surface area contributed by atoms with Gasteiger partial charge in [-0.2, -0.15) is 0 Å². The molecular weight excluding hydrogens is 538 g/mol. The minimum Gasteiger partial charge on any atom is -0.460 e. The molecule has 4 aliphatic rings. The van der Waals surface area contributed by atoms with Gasteiger partial charge in [0.2, 0.25) is 0 Å². The van der Waals surface area contributed by atoms with Gasteiger partial charge in [0.25, 0.3) is 0 Å². The number of rotatable bonds is 8. The molecule has 2 N–H and O–H groups in total. The van der Waals surface area contributed by atoms with Crippen molar-refractivity contribution in [3.8, 4) is 0 Å². The summed E-state index contributed by atoms with van der Waals surface area (Å²) in [5.41, 5.74) is 16.2. The smallest absolute Gasteiger partial charge is 0.140 e. The predicted molar refractivity (Wildman–Crippen MR) is 187 cm³/mol. The lowest BCUT2D eigenvalue weighted by atomic mass is 9.69. The van der Waals surface area contributed by atoms with Crippen molar-refractivity contribution in [2.45, 2.75) is 65.5 Å². The third-order valence-electron chi connectivity index (χ3n) is 10.9. The molecule has 0 amide bonds. The van der Waals surface area contributed by atoms with Crippen LogP contribution in [0.15, 0.2) is 76.3 Å². The highest BCUT2D eigenvalue weighted by Crippen LogP contribution is 2.50. The number of benzene rings is 1. The number of allylic oxidation sites excluding steroid dienone is 4. The summed E-state index contributed by atoms with van der Waals surface area (Å²) in [6.45, 7) is 15.3. The van der Waals surface area contributed by atoms with Crippen LogP contribution in [0, 0.1) is 29.6 Å². The molecule has 234 valence electrons. The number of fused-ring (bicyclic) bond motifs is 3. The topological polar surface area (TPSA) is 45.6 Å². The lowest BCUT2D eigenvalue weighted by Crippen LogP contribution is -2.42. The summed E-state index contributed by atoms with van der Waals surface area (Å²) in [5.74, 6) is 3.67. The zero-order chi connectivity index (χ0) is 31.3. The van der Waals surface area contributed by atoms with Crippen LogP contribution in [0.4, 0.5) is 0 Å². The van der Waals surface area contributed by atoms with Crippen molar-refractivity contribution >= 4 is 22.6 Å². The first-order chi connectivity index (χ1) is 21.1. The maximum Gasteiger partial charge on any atom is 0.140 e. The van der Waals surface area contributed by atoms with Crippen molar-refractivity contribution in [2.75, 3.05) is 34.2 Å². The summed E-state index contributed by atoms with van der Waals surface area (Å²) in [6, 6.07) is 5.15. The molecule has 0 saturated heterocycles. The Bertz CT molecular complexity index is 1580. The number of nitrogens with zero attached hydrogens (tertiary/aromatic N) is 2. The van der Waals surface area contributed by atoms with Crippen LogP contribution in [0.1, 0.15) is 75.4 Å². The van der Waals surface area contributed by atoms with Crippen LogP contribution in [0.2, 0.25) is 0 Å². The quantitative estimate of drug-likeness (QED) is 0.247. The van der Waals surface area contributed by atoms with Gasteiger partial charge in [-0.15, -0.1) is 0 Å². The molecule has 6 unspecified atom stereocenters. The van der Waals surface area contributed by atoms with Gasteiger partial charge in [0.05, 0.1) is 6.04 Å². The highest BCUT2D eigenvalue weighted by atomic mass is 16.3. The first-order valence-corrected chi connectivity index (χ1v) is 16.9. The Kier molecular flexibility index (Phi) is 8.80. The molecular formula is C40H53N3O. The molecule has 0 saturated carbocycles. The van der Waals surface area contributed by atoms with Crippen LogP contribution in [-0.4, -0.2) is 50.1 Å². The number of hydrogen-bond acceptors (Lipinski definition) is 4. The molecule has 44 heavy (non-hydrogen) atoms. The zero-order valence-corrected chi connectivity index (χ0v) is 28.1. The van der Waals surface area contributed by atoms with Crippen molar-refractivity contribution in [1.82, 2.24) is 9.80 Å². The average molecular weight is 592 g/mol. The second kappa shape index (κ2) is 12.5. The second-order valence-corrected chi connectivity index (χ2v) is 14.5. The Hall–Kier alpha value is -2.92. The molecule has 4 nitrogen and oxygen atoms in total. The van der Waals surface area contributed by atoms with Gasteiger partial charge in [-0.1, -0.05) is 87.1 Å². The number of furan rings is 1. The summed E-state index contributed by atoms with van der Waals surface area (Å²) >= 11 is 0. The van der Waals surface area contributed by atoms with Crippen LogP contribution in [0.3, 0.4) is 0 Å². The number of likely N-dealkylation sites (N-methyl/N-ethyl adjacent to an activating group) is 2. The minimum atomic E-state index is 0.146. The molecule has 2 heterocycles. The molecule has 6 rings (SSSR count). The lowest BCUT2D eigenvalue weighted by molar-refractivity contribution is 0.231. The van der Waals surface area contributed by atoms with Crippen molar-refractivity contribution in [2.24, 2.45) is 35.3 Å². The van der Waals surface area contributed by atoms with Gasteiger partial charge in [0, 0.05) is 48.0 Å². The maximum atomic E-state index is 7.06. The SMILES string of the molecule is C=C(/C=C(\C)CN)C1C(c2ccc3c4c(oc3c2C2C=C(C(C)C)C(C)CN2C)CC(C2CC=CCC2)C=C4)=CC1N(C)C. The maximum absolute atomic E-state index is 7.06. The monoisotopic (exact) mass is 591 g/mol. The van der Waals surface area contributed by atoms with Gasteiger partial charge in [-0.3, -0.25) is 4.90 Å². The van der Waals surface area contributed by atoms with Crippen LogP contribution in [0.25, 0.3) is 22.6 Å². The van der Waals surface area contributed by atoms with Crippen molar-refractivity contribution in [3.63, 3.8) is 0 Å². The highest BCUT2D eigenvalue weighted by molar-refractivity contribution is 5.96. The van der Waals surface area contributed by atoms with Crippen LogP contribution in [0.5, 0.6) is 0 Å². The molecule has 0 spiro atoms. The van der Waals surface area contributed by atoms with E-state index in [1.165, 1.54) is 46.9 Å². The van der Waals surface area contributed by atoms with Crippen LogP contribution < -0.4 is 5.73 Å². The third kappa shape index (κ3) is 5.55. The van der Waals surface area contributed by atoms with E-state index in [9.17, 15) is 0 Å². The zero-order valence-electron chi connectivity index (χ0n) is 28.1. The van der Waals surface area contributed by atoms with Crippen molar-refractivity contribution in [1.29, 1.82) is 0 Å². The largest absolute Gasteiger partial charge is 0.460 e. The Morgan fingerprint density at radius 2 is 2.00 bits per heavy atom. The second-order valence-electron chi connectivity index (χ2n) is 14.5. The standard InChI is InChI=1S/C40H53N3O/c1-24(2)33-20-36(43(8)23-27(33)5)39-31(34-21-35(42(6)7)38(34)26(4)18-25(3)22-41)16-17-32-30-15-14-29(19-37(30)44-40(32)39)28-12-10-9-11-13-28/h9-10,14-18,20-21,24,27-29,35-36,38H,4,11-13,19,22-23,41H2,1-3,5-8H3/b25-18+. The van der Waals surface area contributed by atoms with Gasteiger partial charge in [-0.05, 0) is 93.8 Å². The first kappa shape index (κ1) is 31.1. The molecule has 4 heteroatoms. The van der Waals surface area contributed by atoms with E-state index in [1.54, 1.807) is 5.57 Å². The molecule has 1 aliphatic heterocycles. The van der Waals surface area contributed by atoms with Crippen LogP contribution >= 0.6 is 0 Å². The van der Waals surface area contributed by atoms with E-state index in [-0.39, 0.29) is 12.0 Å². The number of hydrogen-bond donors (Lipinski definition) is 1. The minimum absolute atomic E-state index is 0.146.